The van der Waals surface area contributed by atoms with Crippen LogP contribution in [0, 0.1) is 0 Å². The van der Waals surface area contributed by atoms with Crippen molar-refractivity contribution >= 4 is 32.5 Å². The monoisotopic (exact) mass is 1470 g/mol. The Kier molecular flexibility index (Phi) is 14.1. The van der Waals surface area contributed by atoms with Gasteiger partial charge < -0.3 is 0 Å². The van der Waals surface area contributed by atoms with E-state index in [2.05, 4.69) is 300 Å². The van der Waals surface area contributed by atoms with Crippen molar-refractivity contribution in [3.8, 4) is 0 Å². The van der Waals surface area contributed by atoms with E-state index < -0.39 is 32.2 Å². The van der Waals surface area contributed by atoms with Crippen molar-refractivity contribution in [3.63, 3.8) is 0 Å². The SMILES string of the molecule is CC1(C)CCC(C)(C)c2cc3c(cc21)C1c2cc4c(cc2[C]3(/[Ge]([c]2ccccc2)=[Ge](/[c]2ccccc2)[C]23c5cc6c(cc5C(c5cc7c(cc52)C(C)(C)CCC7(C)C)c2cc5c(cc23)C(C)(C)CCC5(C)C)C(C)(C)CCC6(C)C)c2cc3c(cc21)C(C)(C)CCC3(C)C)C(C)(C)CCC4(C)C. The van der Waals surface area contributed by atoms with E-state index in [1.807, 2.05) is 0 Å². The van der Waals surface area contributed by atoms with Crippen LogP contribution in [0.25, 0.3) is 0 Å². The Balaban J connectivity index is 1.17. The molecule has 12 aliphatic carbocycles. The molecular formula is C100H120Ge2. The van der Waals surface area contributed by atoms with Gasteiger partial charge in [-0.15, -0.1) is 0 Å². The van der Waals surface area contributed by atoms with E-state index in [1.165, 1.54) is 77.0 Å². The van der Waals surface area contributed by atoms with E-state index in [9.17, 15) is 0 Å². The van der Waals surface area contributed by atoms with Gasteiger partial charge in [0, 0.05) is 0 Å². The summed E-state index contributed by atoms with van der Waals surface area (Å²) in [5.41, 5.74) is 39.7. The molecule has 2 heteroatoms. The molecule has 8 aromatic rings. The molecule has 0 atom stereocenters. The van der Waals surface area contributed by atoms with E-state index in [0.29, 0.717) is 0 Å². The normalized spacial score (nSPS) is 27.7. The van der Waals surface area contributed by atoms with E-state index >= 15 is 0 Å². The average molecular weight is 1470 g/mol. The van der Waals surface area contributed by atoms with Crippen LogP contribution >= 0.6 is 0 Å². The van der Waals surface area contributed by atoms with Crippen LogP contribution in [0.5, 0.6) is 0 Å². The van der Waals surface area contributed by atoms with Crippen molar-refractivity contribution in [1.82, 2.24) is 0 Å². The van der Waals surface area contributed by atoms with Crippen LogP contribution in [-0.2, 0) is 73.5 Å². The fraction of sp³-hybridized carbons (Fsp3) is 0.520. The van der Waals surface area contributed by atoms with Gasteiger partial charge in [0.2, 0.25) is 0 Å². The summed E-state index contributed by atoms with van der Waals surface area (Å²) in [4.78, 5) is 0. The zero-order valence-electron chi connectivity index (χ0n) is 67.3. The summed E-state index contributed by atoms with van der Waals surface area (Å²) >= 11 is -6.91. The molecule has 0 spiro atoms. The quantitative estimate of drug-likeness (QED) is 0.154. The van der Waals surface area contributed by atoms with Crippen molar-refractivity contribution in [2.24, 2.45) is 0 Å². The molecule has 0 fully saturated rings. The standard InChI is InChI=1S/C100H120Ge2/c1-87(2)35-41-93(13,14)79-53-67-61(47-73(79)87)85-62-48-74-80(94(15,16)42-36-88(74,3)4)54-68(62)99(67,69-55-81-75(49-63(69)85)89(5,6)37-43-95(81,17)18)101(59-31-27-25-28-32-59)102(60-33-29-26-30-34-60)100-70-56-82-76(90(7,8)38-44-96(82,19)20)50-64(70)86(65-51-77-83(57-71(65)100)97(21,22)45-39-91(77,9)10)66-52-78-84(58-72(66)100)98(23,24)46-40-92(78,11)12/h25-34,47-58,85-86H,35-46H2,1-24H3/b102-101-. The van der Waals surface area contributed by atoms with Gasteiger partial charge in [-0.25, -0.2) is 0 Å². The summed E-state index contributed by atoms with van der Waals surface area (Å²) in [5, 5.41) is 0. The van der Waals surface area contributed by atoms with E-state index in [1.54, 1.807) is 142 Å². The average Bonchev–Trinajstić information content (AvgIpc) is 0.643. The molecule has 0 nitrogen and oxygen atoms in total. The second-order valence-electron chi connectivity index (χ2n) is 43.4. The molecule has 0 unspecified atom stereocenters. The van der Waals surface area contributed by atoms with Gasteiger partial charge in [0.15, 0.2) is 0 Å². The molecule has 4 bridgehead atoms. The number of benzene rings is 8. The zero-order chi connectivity index (χ0) is 72.4. The summed E-state index contributed by atoms with van der Waals surface area (Å²) in [6.45, 7) is 63.1. The molecule has 102 heavy (non-hydrogen) atoms. The minimum absolute atomic E-state index is 0.00507. The molecule has 0 saturated carbocycles. The summed E-state index contributed by atoms with van der Waals surface area (Å²) in [7, 11) is 0. The van der Waals surface area contributed by atoms with Crippen LogP contribution in [-0.4, -0.2) is 23.7 Å². The first-order valence-electron chi connectivity index (χ1n) is 40.5. The number of hydrogen-bond donors (Lipinski definition) is 0. The van der Waals surface area contributed by atoms with Crippen molar-refractivity contribution in [1.29, 1.82) is 0 Å². The Morgan fingerprint density at radius 2 is 0.324 bits per heavy atom. The molecule has 8 aromatic carbocycles. The van der Waals surface area contributed by atoms with Crippen molar-refractivity contribution in [2.75, 3.05) is 0 Å². The van der Waals surface area contributed by atoms with Crippen LogP contribution in [0.15, 0.2) is 133 Å². The molecule has 0 heterocycles. The van der Waals surface area contributed by atoms with E-state index in [-0.39, 0.29) is 76.8 Å². The van der Waals surface area contributed by atoms with Gasteiger partial charge in [-0.2, -0.15) is 0 Å². The van der Waals surface area contributed by atoms with Crippen molar-refractivity contribution in [2.45, 2.75) is 329 Å². The second kappa shape index (κ2) is 21.0. The number of rotatable bonds is 4. The van der Waals surface area contributed by atoms with Crippen LogP contribution < -0.4 is 8.79 Å². The Bertz CT molecular complexity index is 4310. The fourth-order valence-electron chi connectivity index (χ4n) is 24.2. The molecule has 528 valence electrons. The van der Waals surface area contributed by atoms with Crippen LogP contribution in [0.2, 0.25) is 0 Å². The Hall–Kier alpha value is -5.15. The minimum atomic E-state index is -3.45. The van der Waals surface area contributed by atoms with Crippen LogP contribution in [0.4, 0.5) is 0 Å². The Morgan fingerprint density at radius 3 is 0.471 bits per heavy atom. The molecule has 0 aromatic heterocycles. The van der Waals surface area contributed by atoms with Gasteiger partial charge in [-0.3, -0.25) is 0 Å². The first-order chi connectivity index (χ1) is 47.4. The van der Waals surface area contributed by atoms with Gasteiger partial charge >= 0.3 is 628 Å². The van der Waals surface area contributed by atoms with Crippen LogP contribution in [0.1, 0.15) is 389 Å². The molecular weight excluding hydrogens is 1350 g/mol. The maximum atomic E-state index is 3.04. The first-order valence-corrected chi connectivity index (χ1v) is 51.2. The molecule has 0 amide bonds. The van der Waals surface area contributed by atoms with Crippen molar-refractivity contribution in [3.05, 3.63) is 267 Å². The summed E-state index contributed by atoms with van der Waals surface area (Å²) in [6, 6.07) is 62.0. The van der Waals surface area contributed by atoms with Crippen molar-refractivity contribution < 1.29 is 0 Å². The van der Waals surface area contributed by atoms with E-state index in [0.717, 1.165) is 0 Å². The Morgan fingerprint density at radius 1 is 0.186 bits per heavy atom. The molecule has 0 aliphatic heterocycles. The molecule has 20 rings (SSSR count). The molecule has 0 N–H and O–H groups in total. The second-order valence-corrected chi connectivity index (χ2v) is 63.0. The summed E-state index contributed by atoms with van der Waals surface area (Å²) in [6.07, 6.45) is 14.3. The summed E-state index contributed by atoms with van der Waals surface area (Å²) < 4.78 is 2.40. The van der Waals surface area contributed by atoms with Gasteiger partial charge in [-0.05, 0) is 0 Å². The predicted octanol–water partition coefficient (Wildman–Crippen LogP) is 23.7. The number of fused-ring (bicyclic) bond motifs is 6. The van der Waals surface area contributed by atoms with Gasteiger partial charge in [0.05, 0.1) is 0 Å². The number of hydrogen-bond acceptors (Lipinski definition) is 0. The predicted molar refractivity (Wildman–Crippen MR) is 436 cm³/mol. The summed E-state index contributed by atoms with van der Waals surface area (Å²) in [5.74, 6) is 0.227. The molecule has 0 radical (unpaired) electrons. The maximum absolute atomic E-state index is 3.45. The van der Waals surface area contributed by atoms with Gasteiger partial charge in [0.1, 0.15) is 0 Å². The topological polar surface area (TPSA) is 0 Å². The third kappa shape index (κ3) is 8.99. The first kappa shape index (κ1) is 68.6. The van der Waals surface area contributed by atoms with E-state index in [4.69, 9.17) is 0 Å². The third-order valence-corrected chi connectivity index (χ3v) is 62.9. The van der Waals surface area contributed by atoms with Gasteiger partial charge in [0.25, 0.3) is 0 Å². The fourth-order valence-corrected chi connectivity index (χ4v) is 64.0. The zero-order valence-corrected chi connectivity index (χ0v) is 71.5. The molecule has 0 saturated heterocycles. The Labute approximate surface area is 623 Å². The van der Waals surface area contributed by atoms with Gasteiger partial charge in [-0.1, -0.05) is 0 Å². The molecule has 12 aliphatic rings. The van der Waals surface area contributed by atoms with Crippen LogP contribution in [0.3, 0.4) is 0 Å². The third-order valence-electron chi connectivity index (χ3n) is 31.6.